The van der Waals surface area contributed by atoms with Crippen LogP contribution in [0.3, 0.4) is 0 Å². The van der Waals surface area contributed by atoms with Gasteiger partial charge >= 0.3 is 0 Å². The quantitative estimate of drug-likeness (QED) is 0.758. The average Bonchev–Trinajstić information content (AvgIpc) is 3.14. The lowest BCUT2D eigenvalue weighted by molar-refractivity contribution is -0.141. The van der Waals surface area contributed by atoms with E-state index in [2.05, 4.69) is 5.32 Å². The van der Waals surface area contributed by atoms with Gasteiger partial charge in [0.2, 0.25) is 11.8 Å². The highest BCUT2D eigenvalue weighted by Crippen LogP contribution is 2.14. The molecule has 0 aliphatic rings. The molecular formula is C20H26N2O3. The highest BCUT2D eigenvalue weighted by atomic mass is 16.3. The minimum Gasteiger partial charge on any atom is -0.467 e. The SMILES string of the molecule is CCCC(=O)N(Cc1ccco1)C(CC)C(=O)NCc1ccccc1. The predicted molar refractivity (Wildman–Crippen MR) is 96.5 cm³/mol. The molecule has 2 amide bonds. The van der Waals surface area contributed by atoms with E-state index in [-0.39, 0.29) is 11.8 Å². The van der Waals surface area contributed by atoms with Crippen molar-refractivity contribution in [1.29, 1.82) is 0 Å². The van der Waals surface area contributed by atoms with Crippen LogP contribution in [0.15, 0.2) is 53.1 Å². The largest absolute Gasteiger partial charge is 0.467 e. The minimum atomic E-state index is -0.507. The fourth-order valence-electron chi connectivity index (χ4n) is 2.75. The fourth-order valence-corrected chi connectivity index (χ4v) is 2.75. The third kappa shape index (κ3) is 5.48. The molecule has 5 heteroatoms. The summed E-state index contributed by atoms with van der Waals surface area (Å²) in [4.78, 5) is 26.9. The summed E-state index contributed by atoms with van der Waals surface area (Å²) in [6.45, 7) is 4.64. The van der Waals surface area contributed by atoms with Crippen molar-refractivity contribution >= 4 is 11.8 Å². The summed E-state index contributed by atoms with van der Waals surface area (Å²) >= 11 is 0. The van der Waals surface area contributed by atoms with Crippen molar-refractivity contribution in [2.75, 3.05) is 0 Å². The molecule has 1 aromatic heterocycles. The Labute approximate surface area is 149 Å². The van der Waals surface area contributed by atoms with Crippen LogP contribution in [0.1, 0.15) is 44.4 Å². The van der Waals surface area contributed by atoms with E-state index in [4.69, 9.17) is 4.42 Å². The van der Waals surface area contributed by atoms with Crippen LogP contribution in [0.4, 0.5) is 0 Å². The van der Waals surface area contributed by atoms with Gasteiger partial charge in [-0.15, -0.1) is 0 Å². The van der Waals surface area contributed by atoms with Crippen LogP contribution < -0.4 is 5.32 Å². The number of nitrogens with zero attached hydrogens (tertiary/aromatic N) is 1. The highest BCUT2D eigenvalue weighted by Gasteiger charge is 2.28. The number of carbonyl (C=O) groups is 2. The van der Waals surface area contributed by atoms with Crippen LogP contribution >= 0.6 is 0 Å². The molecule has 1 atom stereocenters. The summed E-state index contributed by atoms with van der Waals surface area (Å²) in [5.41, 5.74) is 1.03. The van der Waals surface area contributed by atoms with Gasteiger partial charge in [0.1, 0.15) is 11.8 Å². The molecule has 0 saturated heterocycles. The number of carbonyl (C=O) groups excluding carboxylic acids is 2. The maximum Gasteiger partial charge on any atom is 0.243 e. The number of hydrogen-bond acceptors (Lipinski definition) is 3. The summed E-state index contributed by atoms with van der Waals surface area (Å²) in [6, 6.07) is 12.8. The molecule has 134 valence electrons. The Hall–Kier alpha value is -2.56. The van der Waals surface area contributed by atoms with Crippen LogP contribution in [0.5, 0.6) is 0 Å². The summed E-state index contributed by atoms with van der Waals surface area (Å²) in [5, 5.41) is 2.94. The average molecular weight is 342 g/mol. The summed E-state index contributed by atoms with van der Waals surface area (Å²) in [7, 11) is 0. The van der Waals surface area contributed by atoms with E-state index in [0.29, 0.717) is 31.7 Å². The Morgan fingerprint density at radius 1 is 1.12 bits per heavy atom. The third-order valence-electron chi connectivity index (χ3n) is 4.07. The molecule has 5 nitrogen and oxygen atoms in total. The van der Waals surface area contributed by atoms with E-state index in [1.165, 1.54) is 0 Å². The molecule has 1 N–H and O–H groups in total. The zero-order valence-electron chi connectivity index (χ0n) is 14.9. The zero-order chi connectivity index (χ0) is 18.1. The molecule has 2 aromatic rings. The first kappa shape index (κ1) is 18.8. The van der Waals surface area contributed by atoms with E-state index in [1.54, 1.807) is 17.2 Å². The first-order valence-electron chi connectivity index (χ1n) is 8.79. The van der Waals surface area contributed by atoms with Crippen LogP contribution in [0.25, 0.3) is 0 Å². The summed E-state index contributed by atoms with van der Waals surface area (Å²) in [6.07, 6.45) is 3.30. The lowest BCUT2D eigenvalue weighted by Gasteiger charge is -2.29. The molecule has 1 unspecified atom stereocenters. The molecular weight excluding hydrogens is 316 g/mol. The van der Waals surface area contributed by atoms with Crippen molar-refractivity contribution in [1.82, 2.24) is 10.2 Å². The van der Waals surface area contributed by atoms with Crippen molar-refractivity contribution in [3.8, 4) is 0 Å². The molecule has 0 aliphatic heterocycles. The van der Waals surface area contributed by atoms with Crippen molar-refractivity contribution in [2.45, 2.75) is 52.2 Å². The van der Waals surface area contributed by atoms with Gasteiger partial charge in [-0.3, -0.25) is 9.59 Å². The predicted octanol–water partition coefficient (Wildman–Crippen LogP) is 3.50. The molecule has 25 heavy (non-hydrogen) atoms. The van der Waals surface area contributed by atoms with E-state index in [1.807, 2.05) is 50.2 Å². The van der Waals surface area contributed by atoms with Crippen molar-refractivity contribution < 1.29 is 14.0 Å². The van der Waals surface area contributed by atoms with Gasteiger partial charge < -0.3 is 14.6 Å². The normalized spacial score (nSPS) is 11.8. The summed E-state index contributed by atoms with van der Waals surface area (Å²) < 4.78 is 5.37. The Balaban J connectivity index is 2.07. The number of nitrogens with one attached hydrogen (secondary N) is 1. The number of hydrogen-bond donors (Lipinski definition) is 1. The van der Waals surface area contributed by atoms with E-state index < -0.39 is 6.04 Å². The number of furan rings is 1. The van der Waals surface area contributed by atoms with Crippen LogP contribution in [-0.2, 0) is 22.7 Å². The first-order valence-corrected chi connectivity index (χ1v) is 8.79. The van der Waals surface area contributed by atoms with Crippen molar-refractivity contribution in [3.63, 3.8) is 0 Å². The molecule has 1 heterocycles. The standard InChI is InChI=1S/C20H26N2O3/c1-3-9-19(23)22(15-17-12-8-13-25-17)18(4-2)20(24)21-14-16-10-6-5-7-11-16/h5-8,10-13,18H,3-4,9,14-15H2,1-2H3,(H,21,24). The Morgan fingerprint density at radius 3 is 2.48 bits per heavy atom. The van der Waals surface area contributed by atoms with E-state index >= 15 is 0 Å². The van der Waals surface area contributed by atoms with Gasteiger partial charge in [-0.1, -0.05) is 44.2 Å². The van der Waals surface area contributed by atoms with Gasteiger partial charge in [-0.05, 0) is 30.5 Å². The van der Waals surface area contributed by atoms with Crippen LogP contribution in [0.2, 0.25) is 0 Å². The summed E-state index contributed by atoms with van der Waals surface area (Å²) in [5.74, 6) is 0.515. The van der Waals surface area contributed by atoms with Gasteiger partial charge in [0, 0.05) is 13.0 Å². The molecule has 0 aliphatic carbocycles. The Bertz CT molecular complexity index is 653. The van der Waals surface area contributed by atoms with Crippen molar-refractivity contribution in [2.24, 2.45) is 0 Å². The number of amides is 2. The molecule has 0 spiro atoms. The van der Waals surface area contributed by atoms with Gasteiger partial charge in [-0.2, -0.15) is 0 Å². The maximum absolute atomic E-state index is 12.7. The Kier molecular flexibility index (Phi) is 7.26. The molecule has 0 bridgehead atoms. The van der Waals surface area contributed by atoms with Crippen LogP contribution in [0, 0.1) is 0 Å². The lowest BCUT2D eigenvalue weighted by atomic mass is 10.1. The second-order valence-corrected chi connectivity index (χ2v) is 5.98. The van der Waals surface area contributed by atoms with Crippen LogP contribution in [-0.4, -0.2) is 22.8 Å². The van der Waals surface area contributed by atoms with Gasteiger partial charge in [0.05, 0.1) is 12.8 Å². The molecule has 0 fully saturated rings. The maximum atomic E-state index is 12.7. The molecule has 1 aromatic carbocycles. The molecule has 0 radical (unpaired) electrons. The second kappa shape index (κ2) is 9.67. The molecule has 2 rings (SSSR count). The third-order valence-corrected chi connectivity index (χ3v) is 4.07. The number of rotatable bonds is 9. The highest BCUT2D eigenvalue weighted by molar-refractivity contribution is 5.87. The topological polar surface area (TPSA) is 62.6 Å². The smallest absolute Gasteiger partial charge is 0.243 e. The first-order chi connectivity index (χ1) is 12.2. The van der Waals surface area contributed by atoms with Gasteiger partial charge in [0.15, 0.2) is 0 Å². The molecule has 0 saturated carbocycles. The fraction of sp³-hybridized carbons (Fsp3) is 0.400. The minimum absolute atomic E-state index is 0.0272. The van der Waals surface area contributed by atoms with E-state index in [9.17, 15) is 9.59 Å². The van der Waals surface area contributed by atoms with E-state index in [0.717, 1.165) is 12.0 Å². The van der Waals surface area contributed by atoms with Gasteiger partial charge in [0.25, 0.3) is 0 Å². The Morgan fingerprint density at radius 2 is 1.88 bits per heavy atom. The zero-order valence-corrected chi connectivity index (χ0v) is 14.9. The van der Waals surface area contributed by atoms with Gasteiger partial charge in [-0.25, -0.2) is 0 Å². The second-order valence-electron chi connectivity index (χ2n) is 5.98. The number of benzene rings is 1. The van der Waals surface area contributed by atoms with Crippen molar-refractivity contribution in [3.05, 3.63) is 60.1 Å². The lowest BCUT2D eigenvalue weighted by Crippen LogP contribution is -2.48. The monoisotopic (exact) mass is 342 g/mol.